The van der Waals surface area contributed by atoms with Gasteiger partial charge < -0.3 is 9.88 Å². The number of nitrogens with one attached hydrogen (secondary N) is 1. The van der Waals surface area contributed by atoms with Crippen LogP contribution in [0.2, 0.25) is 5.02 Å². The van der Waals surface area contributed by atoms with Crippen LogP contribution in [-0.2, 0) is 13.0 Å². The Morgan fingerprint density at radius 3 is 3.14 bits per heavy atom. The number of fused-ring (bicyclic) bond motifs is 2. The molecule has 4 rings (SSSR count). The number of hydrogen-bond acceptors (Lipinski definition) is 3. The minimum absolute atomic E-state index is 0.0176. The van der Waals surface area contributed by atoms with Gasteiger partial charge in [0.25, 0.3) is 5.91 Å². The number of carbonyl (C=O) groups excluding carboxylic acids is 1. The summed E-state index contributed by atoms with van der Waals surface area (Å²) in [6.45, 7) is 3.36. The van der Waals surface area contributed by atoms with Gasteiger partial charge in [-0.25, -0.2) is 4.98 Å². The highest BCUT2D eigenvalue weighted by Gasteiger charge is 2.25. The second-order valence-electron chi connectivity index (χ2n) is 5.47. The first-order chi connectivity index (χ1) is 10.6. The number of para-hydroxylation sites is 1. The lowest BCUT2D eigenvalue weighted by atomic mass is 10.1. The fourth-order valence-corrected chi connectivity index (χ4v) is 4.13. The molecule has 0 saturated carbocycles. The number of carbonyl (C=O) groups is 1. The predicted octanol–water partition coefficient (Wildman–Crippen LogP) is 3.78. The lowest BCUT2D eigenvalue weighted by molar-refractivity contribution is 0.0731. The summed E-state index contributed by atoms with van der Waals surface area (Å²) in [5.74, 6) is 0.0176. The number of thiazole rings is 1. The van der Waals surface area contributed by atoms with E-state index < -0.39 is 0 Å². The molecule has 2 aromatic heterocycles. The average Bonchev–Trinajstić information content (AvgIpc) is 3.08. The number of aryl methyl sites for hydroxylation is 1. The van der Waals surface area contributed by atoms with Crippen LogP contribution in [-0.4, -0.2) is 27.3 Å². The number of H-pyrrole nitrogens is 1. The molecule has 6 heteroatoms. The van der Waals surface area contributed by atoms with E-state index in [9.17, 15) is 4.79 Å². The molecule has 1 N–H and O–H groups in total. The Kier molecular flexibility index (Phi) is 3.20. The number of nitrogens with zero attached hydrogens (tertiary/aromatic N) is 2. The van der Waals surface area contributed by atoms with Crippen molar-refractivity contribution in [1.29, 1.82) is 0 Å². The molecule has 1 aliphatic rings. The van der Waals surface area contributed by atoms with E-state index in [0.29, 0.717) is 23.8 Å². The fourth-order valence-electron chi connectivity index (χ4n) is 2.90. The van der Waals surface area contributed by atoms with E-state index in [0.717, 1.165) is 28.0 Å². The molecule has 0 aliphatic carbocycles. The van der Waals surface area contributed by atoms with Gasteiger partial charge in [0.15, 0.2) is 0 Å². The average molecular weight is 332 g/mol. The van der Waals surface area contributed by atoms with Gasteiger partial charge in [-0.15, -0.1) is 11.3 Å². The van der Waals surface area contributed by atoms with E-state index >= 15 is 0 Å². The minimum Gasteiger partial charge on any atom is -0.349 e. The number of halogens is 1. The SMILES string of the molecule is Cc1nc2c(s1)CN(C(=O)c1cc3cccc(Cl)c3[nH]1)CC2. The smallest absolute Gasteiger partial charge is 0.270 e. The van der Waals surface area contributed by atoms with Gasteiger partial charge in [-0.3, -0.25) is 4.79 Å². The Balaban J connectivity index is 1.65. The highest BCUT2D eigenvalue weighted by molar-refractivity contribution is 7.11. The molecule has 1 amide bonds. The van der Waals surface area contributed by atoms with Gasteiger partial charge in [0.1, 0.15) is 5.69 Å². The lowest BCUT2D eigenvalue weighted by Gasteiger charge is -2.25. The molecule has 112 valence electrons. The van der Waals surface area contributed by atoms with Crippen LogP contribution in [0.5, 0.6) is 0 Å². The van der Waals surface area contributed by atoms with E-state index in [-0.39, 0.29) is 5.91 Å². The number of aromatic nitrogens is 2. The third-order valence-electron chi connectivity index (χ3n) is 3.96. The Hall–Kier alpha value is -1.85. The van der Waals surface area contributed by atoms with Gasteiger partial charge in [-0.05, 0) is 19.1 Å². The first-order valence-corrected chi connectivity index (χ1v) is 8.33. The molecule has 4 nitrogen and oxygen atoms in total. The number of hydrogen-bond donors (Lipinski definition) is 1. The second kappa shape index (κ2) is 5.11. The van der Waals surface area contributed by atoms with Crippen LogP contribution in [0.3, 0.4) is 0 Å². The third-order valence-corrected chi connectivity index (χ3v) is 5.27. The van der Waals surface area contributed by atoms with Gasteiger partial charge in [0, 0.05) is 23.2 Å². The van der Waals surface area contributed by atoms with Crippen molar-refractivity contribution < 1.29 is 4.79 Å². The summed E-state index contributed by atoms with van der Waals surface area (Å²) in [7, 11) is 0. The molecule has 0 bridgehead atoms. The molecular weight excluding hydrogens is 318 g/mol. The van der Waals surface area contributed by atoms with Crippen LogP contribution < -0.4 is 0 Å². The molecule has 22 heavy (non-hydrogen) atoms. The van der Waals surface area contributed by atoms with Crippen molar-refractivity contribution in [3.05, 3.63) is 50.6 Å². The molecule has 3 aromatic rings. The summed E-state index contributed by atoms with van der Waals surface area (Å²) < 4.78 is 0. The van der Waals surface area contributed by atoms with Gasteiger partial charge in [-0.2, -0.15) is 0 Å². The normalized spacial score (nSPS) is 14.4. The van der Waals surface area contributed by atoms with Gasteiger partial charge in [-0.1, -0.05) is 23.7 Å². The van der Waals surface area contributed by atoms with Crippen molar-refractivity contribution in [2.24, 2.45) is 0 Å². The van der Waals surface area contributed by atoms with E-state index in [1.807, 2.05) is 36.1 Å². The topological polar surface area (TPSA) is 49.0 Å². The zero-order valence-electron chi connectivity index (χ0n) is 12.0. The third kappa shape index (κ3) is 2.21. The monoisotopic (exact) mass is 331 g/mol. The van der Waals surface area contributed by atoms with E-state index in [1.165, 1.54) is 4.88 Å². The highest BCUT2D eigenvalue weighted by atomic mass is 35.5. The van der Waals surface area contributed by atoms with Crippen LogP contribution in [0.1, 0.15) is 26.1 Å². The molecule has 0 radical (unpaired) electrons. The summed E-state index contributed by atoms with van der Waals surface area (Å²) in [6, 6.07) is 7.54. The maximum atomic E-state index is 12.7. The van der Waals surface area contributed by atoms with Crippen LogP contribution in [0.25, 0.3) is 10.9 Å². The number of benzene rings is 1. The van der Waals surface area contributed by atoms with Gasteiger partial charge in [0.05, 0.1) is 27.8 Å². The minimum atomic E-state index is 0.0176. The molecule has 0 spiro atoms. The second-order valence-corrected chi connectivity index (χ2v) is 7.16. The van der Waals surface area contributed by atoms with Crippen molar-refractivity contribution in [2.45, 2.75) is 19.9 Å². The summed E-state index contributed by atoms with van der Waals surface area (Å²) >= 11 is 7.85. The van der Waals surface area contributed by atoms with Crippen molar-refractivity contribution in [3.8, 4) is 0 Å². The molecular formula is C16H14ClN3OS. The first kappa shape index (κ1) is 13.8. The highest BCUT2D eigenvalue weighted by Crippen LogP contribution is 2.27. The summed E-state index contributed by atoms with van der Waals surface area (Å²) in [5, 5.41) is 2.66. The zero-order chi connectivity index (χ0) is 15.3. The zero-order valence-corrected chi connectivity index (χ0v) is 13.6. The van der Waals surface area contributed by atoms with Gasteiger partial charge >= 0.3 is 0 Å². The van der Waals surface area contributed by atoms with Crippen LogP contribution >= 0.6 is 22.9 Å². The molecule has 3 heterocycles. The maximum Gasteiger partial charge on any atom is 0.270 e. The fraction of sp³-hybridized carbons (Fsp3) is 0.250. The largest absolute Gasteiger partial charge is 0.349 e. The van der Waals surface area contributed by atoms with Crippen LogP contribution in [0, 0.1) is 6.92 Å². The summed E-state index contributed by atoms with van der Waals surface area (Å²) in [5.41, 5.74) is 2.55. The number of aromatic amines is 1. The Morgan fingerprint density at radius 1 is 1.45 bits per heavy atom. The van der Waals surface area contributed by atoms with E-state index in [4.69, 9.17) is 11.6 Å². The van der Waals surface area contributed by atoms with Crippen LogP contribution in [0.4, 0.5) is 0 Å². The molecule has 0 saturated heterocycles. The predicted molar refractivity (Wildman–Crippen MR) is 88.6 cm³/mol. The first-order valence-electron chi connectivity index (χ1n) is 7.13. The number of rotatable bonds is 1. The van der Waals surface area contributed by atoms with E-state index in [2.05, 4.69) is 9.97 Å². The maximum absolute atomic E-state index is 12.7. The Labute approximate surface area is 136 Å². The van der Waals surface area contributed by atoms with Crippen molar-refractivity contribution in [1.82, 2.24) is 14.9 Å². The molecule has 1 aliphatic heterocycles. The lowest BCUT2D eigenvalue weighted by Crippen LogP contribution is -2.35. The molecule has 0 fully saturated rings. The van der Waals surface area contributed by atoms with Gasteiger partial charge in [0.2, 0.25) is 0 Å². The molecule has 1 aromatic carbocycles. The molecule has 0 unspecified atom stereocenters. The summed E-state index contributed by atoms with van der Waals surface area (Å²) in [6.07, 6.45) is 0.826. The quantitative estimate of drug-likeness (QED) is 0.737. The van der Waals surface area contributed by atoms with Crippen molar-refractivity contribution in [3.63, 3.8) is 0 Å². The van der Waals surface area contributed by atoms with Crippen molar-refractivity contribution in [2.75, 3.05) is 6.54 Å². The van der Waals surface area contributed by atoms with Crippen LogP contribution in [0.15, 0.2) is 24.3 Å². The Morgan fingerprint density at radius 2 is 2.32 bits per heavy atom. The molecule has 0 atom stereocenters. The standard InChI is InChI=1S/C16H14ClN3OS/c1-9-18-12-5-6-20(8-14(12)22-9)16(21)13-7-10-3-2-4-11(17)15(10)19-13/h2-4,7,19H,5-6,8H2,1H3. The van der Waals surface area contributed by atoms with E-state index in [1.54, 1.807) is 11.3 Å². The Bertz CT molecular complexity index is 883. The van der Waals surface area contributed by atoms with Crippen molar-refractivity contribution >= 4 is 39.7 Å². The summed E-state index contributed by atoms with van der Waals surface area (Å²) in [4.78, 5) is 23.5. The number of amides is 1.